The van der Waals surface area contributed by atoms with E-state index in [1.54, 1.807) is 0 Å². The maximum Gasteiger partial charge on any atom is 0.252 e. The molecule has 0 aromatic heterocycles. The van der Waals surface area contributed by atoms with Gasteiger partial charge in [-0.3, -0.25) is 4.79 Å². The molecular weight excluding hydrogens is 328 g/mol. The zero-order chi connectivity index (χ0) is 15.1. The van der Waals surface area contributed by atoms with E-state index in [1.807, 2.05) is 25.1 Å². The second kappa shape index (κ2) is 8.54. The van der Waals surface area contributed by atoms with Crippen molar-refractivity contribution in [2.75, 3.05) is 13.1 Å². The molecular formula is C17H25BrN2O. The number of rotatable bonds is 5. The second-order valence-electron chi connectivity index (χ2n) is 5.88. The molecule has 0 heterocycles. The summed E-state index contributed by atoms with van der Waals surface area (Å²) in [6.07, 6.45) is 7.96. The van der Waals surface area contributed by atoms with Gasteiger partial charge in [-0.05, 0) is 53.4 Å². The Morgan fingerprint density at radius 3 is 2.57 bits per heavy atom. The summed E-state index contributed by atoms with van der Waals surface area (Å²) in [6.45, 7) is 3.54. The van der Waals surface area contributed by atoms with Crippen LogP contribution in [0, 0.1) is 6.92 Å². The van der Waals surface area contributed by atoms with Crippen LogP contribution < -0.4 is 10.6 Å². The molecule has 21 heavy (non-hydrogen) atoms. The zero-order valence-corrected chi connectivity index (χ0v) is 14.3. The Balaban J connectivity index is 1.71. The largest absolute Gasteiger partial charge is 0.351 e. The van der Waals surface area contributed by atoms with Crippen molar-refractivity contribution in [2.24, 2.45) is 0 Å². The van der Waals surface area contributed by atoms with Crippen molar-refractivity contribution in [1.82, 2.24) is 10.6 Å². The van der Waals surface area contributed by atoms with Crippen LogP contribution in [0.3, 0.4) is 0 Å². The first kappa shape index (κ1) is 16.5. The second-order valence-corrected chi connectivity index (χ2v) is 6.74. The maximum atomic E-state index is 12.1. The molecule has 1 fully saturated rings. The summed E-state index contributed by atoms with van der Waals surface area (Å²) in [5, 5.41) is 6.55. The van der Waals surface area contributed by atoms with Gasteiger partial charge in [0.05, 0.1) is 5.56 Å². The maximum absolute atomic E-state index is 12.1. The first-order chi connectivity index (χ1) is 10.2. The van der Waals surface area contributed by atoms with Crippen LogP contribution in [-0.4, -0.2) is 25.0 Å². The van der Waals surface area contributed by atoms with Crippen LogP contribution in [0.2, 0.25) is 0 Å². The number of halogens is 1. The average Bonchev–Trinajstić information content (AvgIpc) is 2.72. The molecule has 1 aliphatic carbocycles. The molecule has 0 atom stereocenters. The van der Waals surface area contributed by atoms with Crippen molar-refractivity contribution in [3.63, 3.8) is 0 Å². The normalized spacial score (nSPS) is 16.5. The first-order valence-electron chi connectivity index (χ1n) is 7.94. The number of benzene rings is 1. The van der Waals surface area contributed by atoms with Crippen molar-refractivity contribution in [2.45, 2.75) is 51.5 Å². The van der Waals surface area contributed by atoms with Crippen molar-refractivity contribution >= 4 is 21.8 Å². The molecule has 2 N–H and O–H groups in total. The van der Waals surface area contributed by atoms with Gasteiger partial charge >= 0.3 is 0 Å². The molecule has 4 heteroatoms. The van der Waals surface area contributed by atoms with Gasteiger partial charge in [0.25, 0.3) is 5.91 Å². The molecule has 1 saturated carbocycles. The molecule has 0 spiro atoms. The van der Waals surface area contributed by atoms with E-state index in [0.29, 0.717) is 18.2 Å². The fraction of sp³-hybridized carbons (Fsp3) is 0.588. The average molecular weight is 353 g/mol. The minimum Gasteiger partial charge on any atom is -0.351 e. The Bertz CT molecular complexity index is 468. The molecule has 1 amide bonds. The van der Waals surface area contributed by atoms with Crippen LogP contribution in [0.1, 0.15) is 54.4 Å². The highest BCUT2D eigenvalue weighted by atomic mass is 79.9. The number of carbonyl (C=O) groups excluding carboxylic acids is 1. The fourth-order valence-corrected chi connectivity index (χ4v) is 3.51. The van der Waals surface area contributed by atoms with E-state index in [0.717, 1.165) is 16.6 Å². The van der Waals surface area contributed by atoms with Gasteiger partial charge in [-0.25, -0.2) is 0 Å². The number of hydrogen-bond acceptors (Lipinski definition) is 2. The molecule has 3 nitrogen and oxygen atoms in total. The highest BCUT2D eigenvalue weighted by Gasteiger charge is 2.12. The van der Waals surface area contributed by atoms with E-state index in [4.69, 9.17) is 0 Å². The van der Waals surface area contributed by atoms with Crippen molar-refractivity contribution in [3.05, 3.63) is 33.8 Å². The number of aryl methyl sites for hydroxylation is 1. The van der Waals surface area contributed by atoms with E-state index >= 15 is 0 Å². The lowest BCUT2D eigenvalue weighted by Crippen LogP contribution is -2.37. The highest BCUT2D eigenvalue weighted by Crippen LogP contribution is 2.18. The van der Waals surface area contributed by atoms with E-state index in [9.17, 15) is 4.79 Å². The smallest absolute Gasteiger partial charge is 0.252 e. The minimum atomic E-state index is -0.00968. The van der Waals surface area contributed by atoms with Crippen LogP contribution in [0.25, 0.3) is 0 Å². The van der Waals surface area contributed by atoms with E-state index in [1.165, 1.54) is 38.5 Å². The lowest BCUT2D eigenvalue weighted by molar-refractivity contribution is 0.0952. The molecule has 0 bridgehead atoms. The third-order valence-corrected chi connectivity index (χ3v) is 4.72. The highest BCUT2D eigenvalue weighted by molar-refractivity contribution is 9.10. The Labute approximate surface area is 136 Å². The molecule has 1 aromatic rings. The van der Waals surface area contributed by atoms with Crippen LogP contribution in [0.5, 0.6) is 0 Å². The lowest BCUT2D eigenvalue weighted by Gasteiger charge is -2.16. The van der Waals surface area contributed by atoms with Gasteiger partial charge in [0, 0.05) is 23.6 Å². The summed E-state index contributed by atoms with van der Waals surface area (Å²) in [5.41, 5.74) is 1.85. The van der Waals surface area contributed by atoms with E-state index < -0.39 is 0 Å². The standard InChI is InChI=1S/C17H25BrN2O/c1-13-8-9-15(16(18)12-13)17(21)20-11-10-19-14-6-4-2-3-5-7-14/h8-9,12,14,19H,2-7,10-11H2,1H3,(H,20,21). The number of amides is 1. The van der Waals surface area contributed by atoms with Crippen LogP contribution in [0.15, 0.2) is 22.7 Å². The monoisotopic (exact) mass is 352 g/mol. The number of hydrogen-bond donors (Lipinski definition) is 2. The molecule has 116 valence electrons. The third kappa shape index (κ3) is 5.44. The molecule has 0 radical (unpaired) electrons. The van der Waals surface area contributed by atoms with Gasteiger partial charge < -0.3 is 10.6 Å². The van der Waals surface area contributed by atoms with Crippen LogP contribution in [0.4, 0.5) is 0 Å². The summed E-state index contributed by atoms with van der Waals surface area (Å²) in [7, 11) is 0. The first-order valence-corrected chi connectivity index (χ1v) is 8.74. The van der Waals surface area contributed by atoms with Gasteiger partial charge in [0.2, 0.25) is 0 Å². The summed E-state index contributed by atoms with van der Waals surface area (Å²) >= 11 is 3.45. The van der Waals surface area contributed by atoms with E-state index in [2.05, 4.69) is 26.6 Å². The molecule has 1 aromatic carbocycles. The Morgan fingerprint density at radius 1 is 1.19 bits per heavy atom. The summed E-state index contributed by atoms with van der Waals surface area (Å²) in [5.74, 6) is -0.00968. The summed E-state index contributed by atoms with van der Waals surface area (Å²) in [4.78, 5) is 12.1. The number of nitrogens with one attached hydrogen (secondary N) is 2. The Kier molecular flexibility index (Phi) is 6.71. The Morgan fingerprint density at radius 2 is 1.90 bits per heavy atom. The van der Waals surface area contributed by atoms with Gasteiger partial charge in [-0.2, -0.15) is 0 Å². The summed E-state index contributed by atoms with van der Waals surface area (Å²) in [6, 6.07) is 6.44. The van der Waals surface area contributed by atoms with E-state index in [-0.39, 0.29) is 5.91 Å². The molecule has 0 aliphatic heterocycles. The van der Waals surface area contributed by atoms with Gasteiger partial charge in [0.15, 0.2) is 0 Å². The van der Waals surface area contributed by atoms with Crippen molar-refractivity contribution in [3.8, 4) is 0 Å². The predicted octanol–water partition coefficient (Wildman–Crippen LogP) is 3.80. The lowest BCUT2D eigenvalue weighted by atomic mass is 10.1. The quantitative estimate of drug-likeness (QED) is 0.625. The topological polar surface area (TPSA) is 41.1 Å². The SMILES string of the molecule is Cc1ccc(C(=O)NCCNC2CCCCCC2)c(Br)c1. The molecule has 0 saturated heterocycles. The third-order valence-electron chi connectivity index (χ3n) is 4.07. The number of carbonyl (C=O) groups is 1. The molecule has 1 aliphatic rings. The predicted molar refractivity (Wildman–Crippen MR) is 90.7 cm³/mol. The van der Waals surface area contributed by atoms with Gasteiger partial charge in [0.1, 0.15) is 0 Å². The van der Waals surface area contributed by atoms with Gasteiger partial charge in [-0.1, -0.05) is 31.7 Å². The fourth-order valence-electron chi connectivity index (χ4n) is 2.84. The molecule has 2 rings (SSSR count). The molecule has 0 unspecified atom stereocenters. The van der Waals surface area contributed by atoms with Crippen molar-refractivity contribution in [1.29, 1.82) is 0 Å². The van der Waals surface area contributed by atoms with Crippen LogP contribution >= 0.6 is 15.9 Å². The zero-order valence-electron chi connectivity index (χ0n) is 12.8. The van der Waals surface area contributed by atoms with Crippen LogP contribution in [-0.2, 0) is 0 Å². The van der Waals surface area contributed by atoms with Gasteiger partial charge in [-0.15, -0.1) is 0 Å². The minimum absolute atomic E-state index is 0.00968. The Hall–Kier alpha value is -0.870. The van der Waals surface area contributed by atoms with Crippen molar-refractivity contribution < 1.29 is 4.79 Å². The summed E-state index contributed by atoms with van der Waals surface area (Å²) < 4.78 is 0.858.